The van der Waals surface area contributed by atoms with E-state index in [4.69, 9.17) is 10.00 Å². The molecule has 2 unspecified atom stereocenters. The molecule has 1 aliphatic carbocycles. The molecule has 0 aromatic carbocycles. The minimum absolute atomic E-state index is 0.130. The molecule has 92 valence electrons. The Morgan fingerprint density at radius 2 is 2.25 bits per heavy atom. The van der Waals surface area contributed by atoms with Gasteiger partial charge >= 0.3 is 6.18 Å². The Labute approximate surface area is 92.6 Å². The van der Waals surface area contributed by atoms with E-state index in [1.54, 1.807) is 0 Å². The Balaban J connectivity index is 2.60. The Morgan fingerprint density at radius 1 is 1.56 bits per heavy atom. The highest BCUT2D eigenvalue weighted by Crippen LogP contribution is 2.30. The molecule has 0 amide bonds. The van der Waals surface area contributed by atoms with Crippen molar-refractivity contribution in [3.8, 4) is 6.07 Å². The van der Waals surface area contributed by atoms with Gasteiger partial charge in [-0.25, -0.2) is 0 Å². The van der Waals surface area contributed by atoms with Crippen LogP contribution in [0.1, 0.15) is 25.7 Å². The number of nitriles is 1. The van der Waals surface area contributed by atoms with E-state index >= 15 is 0 Å². The first-order chi connectivity index (χ1) is 7.41. The number of hydrogen-bond donors (Lipinski definition) is 1. The molecule has 1 N–H and O–H groups in total. The second-order valence-corrected chi connectivity index (χ2v) is 4.12. The maximum atomic E-state index is 12.1. The minimum atomic E-state index is -4.29. The minimum Gasteiger partial charge on any atom is -0.381 e. The van der Waals surface area contributed by atoms with Crippen LogP contribution in [0.3, 0.4) is 0 Å². The first-order valence-electron chi connectivity index (χ1n) is 5.17. The zero-order valence-corrected chi connectivity index (χ0v) is 9.10. The molecule has 0 aromatic rings. The van der Waals surface area contributed by atoms with Gasteiger partial charge in [0, 0.05) is 13.5 Å². The van der Waals surface area contributed by atoms with Crippen molar-refractivity contribution < 1.29 is 17.9 Å². The summed E-state index contributed by atoms with van der Waals surface area (Å²) >= 11 is 0. The van der Waals surface area contributed by atoms with Crippen molar-refractivity contribution in [2.75, 3.05) is 13.7 Å². The summed E-state index contributed by atoms with van der Waals surface area (Å²) in [5, 5.41) is 11.3. The molecule has 16 heavy (non-hydrogen) atoms. The van der Waals surface area contributed by atoms with Gasteiger partial charge in [0.25, 0.3) is 0 Å². The molecule has 1 rings (SSSR count). The number of alkyl halides is 3. The highest BCUT2D eigenvalue weighted by Gasteiger charge is 2.39. The van der Waals surface area contributed by atoms with E-state index in [0.717, 1.165) is 6.42 Å². The molecule has 0 heterocycles. The number of rotatable bonds is 3. The second-order valence-electron chi connectivity index (χ2n) is 4.12. The molecular formula is C10H15F3N2O. The zero-order valence-electron chi connectivity index (χ0n) is 9.10. The lowest BCUT2D eigenvalue weighted by atomic mass is 9.81. The molecule has 1 aliphatic rings. The lowest BCUT2D eigenvalue weighted by molar-refractivity contribution is -0.129. The Bertz CT molecular complexity index is 274. The van der Waals surface area contributed by atoms with Gasteiger partial charge in [0.1, 0.15) is 5.54 Å². The standard InChI is InChI=1S/C10H15F3N2O/c1-16-8-3-2-4-9(5-8,6-14)15-7-10(11,12)13/h8,15H,2-5,7H2,1H3. The van der Waals surface area contributed by atoms with E-state index in [0.29, 0.717) is 19.3 Å². The van der Waals surface area contributed by atoms with Gasteiger partial charge < -0.3 is 4.74 Å². The monoisotopic (exact) mass is 236 g/mol. The van der Waals surface area contributed by atoms with Crippen LogP contribution in [0.15, 0.2) is 0 Å². The van der Waals surface area contributed by atoms with Gasteiger partial charge in [-0.2, -0.15) is 18.4 Å². The summed E-state index contributed by atoms with van der Waals surface area (Å²) < 4.78 is 41.4. The molecule has 0 aliphatic heterocycles. The van der Waals surface area contributed by atoms with Crippen LogP contribution in [-0.4, -0.2) is 31.5 Å². The van der Waals surface area contributed by atoms with Gasteiger partial charge in [-0.1, -0.05) is 0 Å². The van der Waals surface area contributed by atoms with Gasteiger partial charge in [0.2, 0.25) is 0 Å². The topological polar surface area (TPSA) is 45.0 Å². The fourth-order valence-electron chi connectivity index (χ4n) is 2.00. The molecule has 2 atom stereocenters. The van der Waals surface area contributed by atoms with Crippen LogP contribution < -0.4 is 5.32 Å². The summed E-state index contributed by atoms with van der Waals surface area (Å²) in [6.45, 7) is -1.13. The van der Waals surface area contributed by atoms with Crippen LogP contribution in [0.4, 0.5) is 13.2 Å². The van der Waals surface area contributed by atoms with Crippen molar-refractivity contribution in [3.05, 3.63) is 0 Å². The Hall–Kier alpha value is -0.800. The lowest BCUT2D eigenvalue weighted by Crippen LogP contribution is -2.52. The maximum Gasteiger partial charge on any atom is 0.401 e. The van der Waals surface area contributed by atoms with Crippen LogP contribution in [0, 0.1) is 11.3 Å². The summed E-state index contributed by atoms with van der Waals surface area (Å²) in [4.78, 5) is 0. The van der Waals surface area contributed by atoms with Crippen LogP contribution in [0.2, 0.25) is 0 Å². The summed E-state index contributed by atoms with van der Waals surface area (Å²) in [6, 6.07) is 1.96. The third-order valence-corrected chi connectivity index (χ3v) is 2.88. The van der Waals surface area contributed by atoms with E-state index in [2.05, 4.69) is 5.32 Å². The fourth-order valence-corrected chi connectivity index (χ4v) is 2.00. The third kappa shape index (κ3) is 3.65. The maximum absolute atomic E-state index is 12.1. The summed E-state index contributed by atoms with van der Waals surface area (Å²) in [5.74, 6) is 0. The van der Waals surface area contributed by atoms with Gasteiger partial charge in [-0.05, 0) is 19.3 Å². The van der Waals surface area contributed by atoms with Crippen LogP contribution in [-0.2, 0) is 4.74 Å². The second kappa shape index (κ2) is 5.02. The van der Waals surface area contributed by atoms with Crippen molar-refractivity contribution in [1.82, 2.24) is 5.32 Å². The van der Waals surface area contributed by atoms with Gasteiger partial charge in [0.05, 0.1) is 18.7 Å². The van der Waals surface area contributed by atoms with Crippen molar-refractivity contribution in [2.24, 2.45) is 0 Å². The Morgan fingerprint density at radius 3 is 2.75 bits per heavy atom. The quantitative estimate of drug-likeness (QED) is 0.815. The molecular weight excluding hydrogens is 221 g/mol. The number of halogens is 3. The summed E-state index contributed by atoms with van der Waals surface area (Å²) in [7, 11) is 1.52. The highest BCUT2D eigenvalue weighted by molar-refractivity contribution is 5.10. The Kier molecular flexibility index (Phi) is 4.16. The SMILES string of the molecule is COC1CCCC(C#N)(NCC(F)(F)F)C1. The number of ether oxygens (including phenoxy) is 1. The molecule has 0 aromatic heterocycles. The van der Waals surface area contributed by atoms with Gasteiger partial charge in [-0.15, -0.1) is 0 Å². The summed E-state index contributed by atoms with van der Waals surface area (Å²) in [5.41, 5.74) is -1.09. The van der Waals surface area contributed by atoms with E-state index in [1.807, 2.05) is 6.07 Å². The van der Waals surface area contributed by atoms with Gasteiger partial charge in [-0.3, -0.25) is 5.32 Å². The first-order valence-corrected chi connectivity index (χ1v) is 5.17. The first kappa shape index (κ1) is 13.3. The van der Waals surface area contributed by atoms with Crippen molar-refractivity contribution in [2.45, 2.75) is 43.5 Å². The number of methoxy groups -OCH3 is 1. The molecule has 1 fully saturated rings. The number of nitrogens with zero attached hydrogens (tertiary/aromatic N) is 1. The molecule has 0 bridgehead atoms. The predicted molar refractivity (Wildman–Crippen MR) is 51.7 cm³/mol. The van der Waals surface area contributed by atoms with Crippen molar-refractivity contribution in [3.63, 3.8) is 0 Å². The highest BCUT2D eigenvalue weighted by atomic mass is 19.4. The average Bonchev–Trinajstić information content (AvgIpc) is 2.26. The van der Waals surface area contributed by atoms with Crippen molar-refractivity contribution in [1.29, 1.82) is 5.26 Å². The van der Waals surface area contributed by atoms with E-state index < -0.39 is 18.3 Å². The molecule has 3 nitrogen and oxygen atoms in total. The molecule has 6 heteroatoms. The number of hydrogen-bond acceptors (Lipinski definition) is 3. The van der Waals surface area contributed by atoms with Gasteiger partial charge in [0.15, 0.2) is 0 Å². The number of nitrogens with one attached hydrogen (secondary N) is 1. The molecule has 0 spiro atoms. The normalized spacial score (nSPS) is 31.1. The summed E-state index contributed by atoms with van der Waals surface area (Å²) in [6.07, 6.45) is -2.15. The fraction of sp³-hybridized carbons (Fsp3) is 0.900. The van der Waals surface area contributed by atoms with Crippen LogP contribution in [0.25, 0.3) is 0 Å². The zero-order chi connectivity index (χ0) is 12.2. The average molecular weight is 236 g/mol. The van der Waals surface area contributed by atoms with E-state index in [9.17, 15) is 13.2 Å². The molecule has 1 saturated carbocycles. The van der Waals surface area contributed by atoms with E-state index in [-0.39, 0.29) is 6.10 Å². The third-order valence-electron chi connectivity index (χ3n) is 2.88. The van der Waals surface area contributed by atoms with Crippen LogP contribution in [0.5, 0.6) is 0 Å². The van der Waals surface area contributed by atoms with Crippen LogP contribution >= 0.6 is 0 Å². The van der Waals surface area contributed by atoms with Crippen molar-refractivity contribution >= 4 is 0 Å². The molecule has 0 radical (unpaired) electrons. The predicted octanol–water partition coefficient (Wildman–Crippen LogP) is 1.99. The smallest absolute Gasteiger partial charge is 0.381 e. The van der Waals surface area contributed by atoms with E-state index in [1.165, 1.54) is 7.11 Å². The lowest BCUT2D eigenvalue weighted by Gasteiger charge is -2.36. The largest absolute Gasteiger partial charge is 0.401 e. The molecule has 0 saturated heterocycles.